The molecule has 0 saturated carbocycles. The number of amides is 4. The molecule has 2 N–H and O–H groups in total. The van der Waals surface area contributed by atoms with Crippen molar-refractivity contribution >= 4 is 75.0 Å². The Kier molecular flexibility index (Phi) is 7.58. The average molecular weight is 656 g/mol. The molecule has 13 nitrogen and oxygen atoms in total. The van der Waals surface area contributed by atoms with E-state index in [1.165, 1.54) is 0 Å². The van der Waals surface area contributed by atoms with Gasteiger partial charge in [0.25, 0.3) is 0 Å². The van der Waals surface area contributed by atoms with Crippen molar-refractivity contribution < 1.29 is 19.2 Å². The Labute approximate surface area is 275 Å². The molecule has 7 rings (SSSR count). The SMILES string of the molecule is C[C@@H]1C[C@@H](N(C)c2ncc(Cl)c(Nc3ccc4c(c3)CC(=O)N4C)n2)CC(=O)N1c1ccc2c(C3CCC(=O)NC3=O)nn(C)c2c1. The lowest BCUT2D eigenvalue weighted by atomic mass is 9.92. The molecule has 0 spiro atoms. The highest BCUT2D eigenvalue weighted by Crippen LogP contribution is 2.36. The summed E-state index contributed by atoms with van der Waals surface area (Å²) in [5.74, 6) is -0.214. The smallest absolute Gasteiger partial charge is 0.235 e. The van der Waals surface area contributed by atoms with Crippen molar-refractivity contribution in [2.45, 2.75) is 57.0 Å². The van der Waals surface area contributed by atoms with Crippen LogP contribution in [0.5, 0.6) is 0 Å². The van der Waals surface area contributed by atoms with Crippen molar-refractivity contribution in [2.24, 2.45) is 7.05 Å². The Balaban J connectivity index is 1.07. The number of fused-ring (bicyclic) bond motifs is 2. The van der Waals surface area contributed by atoms with Gasteiger partial charge in [0.15, 0.2) is 5.82 Å². The van der Waals surface area contributed by atoms with Gasteiger partial charge in [0, 0.05) is 68.5 Å². The molecule has 4 aromatic rings. The molecule has 1 unspecified atom stereocenters. The summed E-state index contributed by atoms with van der Waals surface area (Å²) in [7, 11) is 5.45. The molecule has 0 radical (unpaired) electrons. The molecule has 242 valence electrons. The zero-order valence-corrected chi connectivity index (χ0v) is 27.2. The van der Waals surface area contributed by atoms with E-state index >= 15 is 0 Å². The molecule has 2 aromatic carbocycles. The Bertz CT molecular complexity index is 1980. The van der Waals surface area contributed by atoms with E-state index < -0.39 is 5.92 Å². The number of rotatable bonds is 6. The van der Waals surface area contributed by atoms with Gasteiger partial charge in [0.2, 0.25) is 29.6 Å². The van der Waals surface area contributed by atoms with Crippen LogP contribution in [0.15, 0.2) is 42.6 Å². The van der Waals surface area contributed by atoms with Crippen LogP contribution < -0.4 is 25.3 Å². The number of benzene rings is 2. The maximum absolute atomic E-state index is 13.7. The highest BCUT2D eigenvalue weighted by molar-refractivity contribution is 6.33. The van der Waals surface area contributed by atoms with Gasteiger partial charge in [0.1, 0.15) is 5.02 Å². The number of carbonyl (C=O) groups excluding carboxylic acids is 4. The average Bonchev–Trinajstić information content (AvgIpc) is 3.51. The van der Waals surface area contributed by atoms with Crippen molar-refractivity contribution in [1.82, 2.24) is 25.1 Å². The highest BCUT2D eigenvalue weighted by atomic mass is 35.5. The van der Waals surface area contributed by atoms with Crippen LogP contribution >= 0.6 is 11.6 Å². The maximum atomic E-state index is 13.7. The number of hydrogen-bond acceptors (Lipinski definition) is 9. The number of nitrogens with one attached hydrogen (secondary N) is 2. The minimum Gasteiger partial charge on any atom is -0.340 e. The third-order valence-electron chi connectivity index (χ3n) is 9.46. The van der Waals surface area contributed by atoms with Gasteiger partial charge in [-0.2, -0.15) is 10.1 Å². The second-order valence-corrected chi connectivity index (χ2v) is 12.9. The Morgan fingerprint density at radius 3 is 2.64 bits per heavy atom. The first-order valence-corrected chi connectivity index (χ1v) is 15.9. The summed E-state index contributed by atoms with van der Waals surface area (Å²) < 4.78 is 1.72. The second-order valence-electron chi connectivity index (χ2n) is 12.5. The number of aryl methyl sites for hydroxylation is 1. The Morgan fingerprint density at radius 1 is 1.06 bits per heavy atom. The number of likely N-dealkylation sites (N-methyl/N-ethyl adjacent to an activating group) is 1. The largest absolute Gasteiger partial charge is 0.340 e. The van der Waals surface area contributed by atoms with E-state index in [1.54, 1.807) is 22.8 Å². The summed E-state index contributed by atoms with van der Waals surface area (Å²) in [5, 5.41) is 11.5. The molecule has 3 aliphatic rings. The van der Waals surface area contributed by atoms with Crippen LogP contribution in [-0.4, -0.2) is 69.6 Å². The quantitative estimate of drug-likeness (QED) is 0.296. The summed E-state index contributed by atoms with van der Waals surface area (Å²) in [5.41, 5.74) is 4.77. The first-order chi connectivity index (χ1) is 22.5. The molecule has 5 heterocycles. The van der Waals surface area contributed by atoms with Crippen LogP contribution in [0.1, 0.15) is 49.8 Å². The van der Waals surface area contributed by atoms with Gasteiger partial charge < -0.3 is 20.0 Å². The number of aromatic nitrogens is 4. The topological polar surface area (TPSA) is 146 Å². The van der Waals surface area contributed by atoms with Crippen molar-refractivity contribution in [1.29, 1.82) is 0 Å². The molecule has 14 heteroatoms. The lowest BCUT2D eigenvalue weighted by Crippen LogP contribution is -2.51. The number of halogens is 1. The molecular formula is C33H34ClN9O4. The number of anilines is 5. The Hall–Kier alpha value is -5.04. The maximum Gasteiger partial charge on any atom is 0.235 e. The van der Waals surface area contributed by atoms with Crippen LogP contribution in [0.4, 0.5) is 28.8 Å². The van der Waals surface area contributed by atoms with Gasteiger partial charge in [-0.1, -0.05) is 11.6 Å². The number of nitrogens with zero attached hydrogens (tertiary/aromatic N) is 7. The van der Waals surface area contributed by atoms with E-state index in [-0.39, 0.29) is 48.6 Å². The predicted molar refractivity (Wildman–Crippen MR) is 178 cm³/mol. The second kappa shape index (κ2) is 11.6. The van der Waals surface area contributed by atoms with E-state index in [9.17, 15) is 19.2 Å². The number of hydrogen-bond donors (Lipinski definition) is 2. The summed E-state index contributed by atoms with van der Waals surface area (Å²) in [6.45, 7) is 2.02. The zero-order valence-electron chi connectivity index (χ0n) is 26.5. The lowest BCUT2D eigenvalue weighted by molar-refractivity contribution is -0.134. The van der Waals surface area contributed by atoms with E-state index in [2.05, 4.69) is 20.7 Å². The molecule has 2 fully saturated rings. The lowest BCUT2D eigenvalue weighted by Gasteiger charge is -2.40. The van der Waals surface area contributed by atoms with Gasteiger partial charge in [-0.15, -0.1) is 0 Å². The monoisotopic (exact) mass is 655 g/mol. The van der Waals surface area contributed by atoms with E-state index in [4.69, 9.17) is 16.6 Å². The standard InChI is InChI=1S/C33H34ClN9O4/c1-17-11-21(40(2)33-35-16-24(34)31(38-33)36-19-5-9-25-18(12-19)13-28(45)41(25)3)15-29(46)43(17)20-6-7-22-26(14-20)42(4)39-30(22)23-8-10-27(44)37-32(23)47/h5-7,9,12,14,16-17,21,23H,8,10-11,13,15H2,1-4H3,(H,35,36,38)(H,37,44,47)/t17-,21-,23?/m1/s1. The normalized spacial score (nSPS) is 21.3. The number of imide groups is 1. The summed E-state index contributed by atoms with van der Waals surface area (Å²) in [6, 6.07) is 11.2. The van der Waals surface area contributed by atoms with Crippen molar-refractivity contribution in [3.8, 4) is 0 Å². The summed E-state index contributed by atoms with van der Waals surface area (Å²) >= 11 is 6.48. The fourth-order valence-electron chi connectivity index (χ4n) is 6.92. The van der Waals surface area contributed by atoms with Gasteiger partial charge in [-0.3, -0.25) is 29.2 Å². The Morgan fingerprint density at radius 2 is 1.87 bits per heavy atom. The van der Waals surface area contributed by atoms with Gasteiger partial charge in [0.05, 0.1) is 29.7 Å². The van der Waals surface area contributed by atoms with E-state index in [0.29, 0.717) is 41.7 Å². The van der Waals surface area contributed by atoms with Crippen LogP contribution in [-0.2, 0) is 32.6 Å². The van der Waals surface area contributed by atoms with Crippen molar-refractivity contribution in [3.63, 3.8) is 0 Å². The third-order valence-corrected chi connectivity index (χ3v) is 9.73. The van der Waals surface area contributed by atoms with E-state index in [1.807, 2.05) is 67.2 Å². The fourth-order valence-corrected chi connectivity index (χ4v) is 7.06. The van der Waals surface area contributed by atoms with Crippen LogP contribution in [0, 0.1) is 0 Å². The molecule has 47 heavy (non-hydrogen) atoms. The van der Waals surface area contributed by atoms with Crippen LogP contribution in [0.25, 0.3) is 10.9 Å². The third kappa shape index (κ3) is 5.43. The van der Waals surface area contributed by atoms with Gasteiger partial charge >= 0.3 is 0 Å². The van der Waals surface area contributed by atoms with E-state index in [0.717, 1.165) is 33.5 Å². The fraction of sp³-hybridized carbons (Fsp3) is 0.364. The molecule has 3 atom stereocenters. The highest BCUT2D eigenvalue weighted by Gasteiger charge is 2.36. The first-order valence-electron chi connectivity index (χ1n) is 15.5. The molecule has 2 saturated heterocycles. The molecule has 4 amide bonds. The zero-order chi connectivity index (χ0) is 33.1. The molecule has 0 bridgehead atoms. The summed E-state index contributed by atoms with van der Waals surface area (Å²) in [6.07, 6.45) is 3.51. The molecule has 3 aliphatic heterocycles. The number of piperidine rings is 2. The molecule has 2 aromatic heterocycles. The predicted octanol–water partition coefficient (Wildman–Crippen LogP) is 3.82. The minimum atomic E-state index is -0.499. The van der Waals surface area contributed by atoms with Gasteiger partial charge in [-0.05, 0) is 61.7 Å². The van der Waals surface area contributed by atoms with Crippen molar-refractivity contribution in [3.05, 3.63) is 58.9 Å². The number of carbonyl (C=O) groups is 4. The minimum absolute atomic E-state index is 0.0301. The molecule has 0 aliphatic carbocycles. The van der Waals surface area contributed by atoms with Crippen LogP contribution in [0.2, 0.25) is 5.02 Å². The van der Waals surface area contributed by atoms with Gasteiger partial charge in [-0.25, -0.2) is 4.98 Å². The summed E-state index contributed by atoms with van der Waals surface area (Å²) in [4.78, 5) is 64.6. The first kappa shape index (κ1) is 30.6. The van der Waals surface area contributed by atoms with Crippen LogP contribution in [0.3, 0.4) is 0 Å². The van der Waals surface area contributed by atoms with Crippen molar-refractivity contribution in [2.75, 3.05) is 34.1 Å². The molecular weight excluding hydrogens is 622 g/mol.